The molecule has 0 aromatic carbocycles. The zero-order chi connectivity index (χ0) is 13.8. The minimum absolute atomic E-state index is 0.0296. The van der Waals surface area contributed by atoms with Gasteiger partial charge in [-0.3, -0.25) is 9.69 Å². The second-order valence-corrected chi connectivity index (χ2v) is 6.06. The van der Waals surface area contributed by atoms with E-state index in [-0.39, 0.29) is 11.9 Å². The quantitative estimate of drug-likeness (QED) is 0.887. The normalized spacial score (nSPS) is 25.5. The van der Waals surface area contributed by atoms with Gasteiger partial charge in [-0.15, -0.1) is 0 Å². The van der Waals surface area contributed by atoms with E-state index in [1.807, 2.05) is 0 Å². The molecule has 2 N–H and O–H groups in total. The molecule has 1 atom stereocenters. The highest BCUT2D eigenvalue weighted by Crippen LogP contribution is 2.25. The summed E-state index contributed by atoms with van der Waals surface area (Å²) in [6, 6.07) is 1.03. The number of carbonyl (C=O) groups excluding carboxylic acids is 1. The number of carbonyl (C=O) groups is 1. The van der Waals surface area contributed by atoms with Crippen LogP contribution in [0.4, 0.5) is 0 Å². The van der Waals surface area contributed by atoms with Crippen molar-refractivity contribution in [3.05, 3.63) is 18.2 Å². The minimum Gasteiger partial charge on any atom is -0.347 e. The lowest BCUT2D eigenvalue weighted by Crippen LogP contribution is -2.51. The van der Waals surface area contributed by atoms with E-state index < -0.39 is 0 Å². The summed E-state index contributed by atoms with van der Waals surface area (Å²) in [4.78, 5) is 21.4. The number of hydrogen-bond acceptors (Lipinski definition) is 3. The van der Waals surface area contributed by atoms with Crippen molar-refractivity contribution in [1.82, 2.24) is 20.2 Å². The number of aromatic nitrogens is 2. The molecule has 1 aromatic rings. The average molecular weight is 276 g/mol. The van der Waals surface area contributed by atoms with Gasteiger partial charge in [0.2, 0.25) is 0 Å². The van der Waals surface area contributed by atoms with Crippen molar-refractivity contribution >= 4 is 5.91 Å². The van der Waals surface area contributed by atoms with Crippen molar-refractivity contribution in [3.63, 3.8) is 0 Å². The third-order valence-electron chi connectivity index (χ3n) is 4.62. The van der Waals surface area contributed by atoms with Crippen LogP contribution in [0.25, 0.3) is 0 Å². The maximum absolute atomic E-state index is 12.1. The molecule has 20 heavy (non-hydrogen) atoms. The minimum atomic E-state index is -0.0296. The van der Waals surface area contributed by atoms with Gasteiger partial charge in [0.15, 0.2) is 0 Å². The van der Waals surface area contributed by atoms with Crippen LogP contribution in [0, 0.1) is 0 Å². The maximum atomic E-state index is 12.1. The summed E-state index contributed by atoms with van der Waals surface area (Å²) in [5.74, 6) is -0.0296. The van der Waals surface area contributed by atoms with Crippen LogP contribution in [-0.2, 0) is 0 Å². The van der Waals surface area contributed by atoms with Crippen molar-refractivity contribution in [2.75, 3.05) is 13.1 Å². The molecule has 0 radical (unpaired) electrons. The first-order valence-electron chi connectivity index (χ1n) is 7.86. The van der Waals surface area contributed by atoms with Gasteiger partial charge in [-0.1, -0.05) is 19.3 Å². The lowest BCUT2D eigenvalue weighted by Gasteiger charge is -2.40. The molecule has 1 unspecified atom stereocenters. The zero-order valence-corrected chi connectivity index (χ0v) is 12.0. The first-order chi connectivity index (χ1) is 9.83. The monoisotopic (exact) mass is 276 g/mol. The van der Waals surface area contributed by atoms with Gasteiger partial charge < -0.3 is 10.3 Å². The van der Waals surface area contributed by atoms with E-state index >= 15 is 0 Å². The molecule has 2 aliphatic rings. The van der Waals surface area contributed by atoms with Gasteiger partial charge in [0, 0.05) is 18.6 Å². The molecule has 2 heterocycles. The number of amides is 1. The number of likely N-dealkylation sites (tertiary alicyclic amines) is 1. The molecule has 0 bridgehead atoms. The molecule has 3 rings (SSSR count). The Morgan fingerprint density at radius 3 is 2.85 bits per heavy atom. The number of nitrogens with one attached hydrogen (secondary N) is 2. The predicted octanol–water partition coefficient (Wildman–Crippen LogP) is 1.94. The smallest absolute Gasteiger partial charge is 0.269 e. The lowest BCUT2D eigenvalue weighted by atomic mass is 9.92. The maximum Gasteiger partial charge on any atom is 0.269 e. The van der Waals surface area contributed by atoms with E-state index in [9.17, 15) is 4.79 Å². The van der Waals surface area contributed by atoms with E-state index in [1.165, 1.54) is 45.1 Å². The summed E-state index contributed by atoms with van der Waals surface area (Å²) in [7, 11) is 0. The van der Waals surface area contributed by atoms with Crippen molar-refractivity contribution in [2.45, 2.75) is 57.0 Å². The Balaban J connectivity index is 1.53. The summed E-state index contributed by atoms with van der Waals surface area (Å²) in [5, 5.41) is 3.14. The second kappa shape index (κ2) is 6.39. The van der Waals surface area contributed by atoms with Crippen LogP contribution in [-0.4, -0.2) is 45.9 Å². The molecular weight excluding hydrogens is 252 g/mol. The van der Waals surface area contributed by atoms with E-state index in [4.69, 9.17) is 0 Å². The third kappa shape index (κ3) is 3.20. The summed E-state index contributed by atoms with van der Waals surface area (Å²) >= 11 is 0. The molecular formula is C15H24N4O. The van der Waals surface area contributed by atoms with E-state index in [2.05, 4.69) is 20.2 Å². The summed E-state index contributed by atoms with van der Waals surface area (Å²) in [6.45, 7) is 2.20. The molecule has 110 valence electrons. The zero-order valence-electron chi connectivity index (χ0n) is 12.0. The molecule has 5 nitrogen and oxygen atoms in total. The Kier molecular flexibility index (Phi) is 4.35. The Hall–Kier alpha value is -1.36. The van der Waals surface area contributed by atoms with Gasteiger partial charge in [-0.25, -0.2) is 4.98 Å². The number of imidazole rings is 1. The fraction of sp³-hybridized carbons (Fsp3) is 0.733. The number of hydrogen-bond donors (Lipinski definition) is 2. The Labute approximate surface area is 120 Å². The van der Waals surface area contributed by atoms with Gasteiger partial charge in [0.05, 0.1) is 12.5 Å². The molecule has 1 aromatic heterocycles. The second-order valence-electron chi connectivity index (χ2n) is 6.06. The van der Waals surface area contributed by atoms with Gasteiger partial charge in [0.25, 0.3) is 5.91 Å². The SMILES string of the molecule is O=C(NC1CCCN(C2CCCCC2)C1)c1cnc[nH]1. The van der Waals surface area contributed by atoms with Crippen LogP contribution in [0.1, 0.15) is 55.4 Å². The average Bonchev–Trinajstić information content (AvgIpc) is 3.03. The molecule has 1 aliphatic carbocycles. The molecule has 2 fully saturated rings. The first-order valence-corrected chi connectivity index (χ1v) is 7.86. The van der Waals surface area contributed by atoms with Crippen LogP contribution in [0.15, 0.2) is 12.5 Å². The third-order valence-corrected chi connectivity index (χ3v) is 4.62. The van der Waals surface area contributed by atoms with E-state index in [0.29, 0.717) is 5.69 Å². The van der Waals surface area contributed by atoms with Crippen LogP contribution in [0.3, 0.4) is 0 Å². The van der Waals surface area contributed by atoms with Crippen molar-refractivity contribution < 1.29 is 4.79 Å². The first kappa shape index (κ1) is 13.6. The van der Waals surface area contributed by atoms with Crippen molar-refractivity contribution in [1.29, 1.82) is 0 Å². The highest BCUT2D eigenvalue weighted by Gasteiger charge is 2.27. The largest absolute Gasteiger partial charge is 0.347 e. The molecule has 1 saturated heterocycles. The summed E-state index contributed by atoms with van der Waals surface area (Å²) in [5.41, 5.74) is 0.555. The highest BCUT2D eigenvalue weighted by molar-refractivity contribution is 5.92. The molecule has 5 heteroatoms. The molecule has 1 saturated carbocycles. The van der Waals surface area contributed by atoms with Gasteiger partial charge in [-0.05, 0) is 32.2 Å². The van der Waals surface area contributed by atoms with Crippen molar-refractivity contribution in [3.8, 4) is 0 Å². The number of piperidine rings is 1. The summed E-state index contributed by atoms with van der Waals surface area (Å²) in [6.07, 6.45) is 12.2. The predicted molar refractivity (Wildman–Crippen MR) is 77.5 cm³/mol. The Morgan fingerprint density at radius 2 is 2.10 bits per heavy atom. The van der Waals surface area contributed by atoms with E-state index in [0.717, 1.165) is 19.0 Å². The van der Waals surface area contributed by atoms with Crippen LogP contribution >= 0.6 is 0 Å². The van der Waals surface area contributed by atoms with Crippen LogP contribution < -0.4 is 5.32 Å². The summed E-state index contributed by atoms with van der Waals surface area (Å²) < 4.78 is 0. The lowest BCUT2D eigenvalue weighted by molar-refractivity contribution is 0.0832. The Morgan fingerprint density at radius 1 is 1.25 bits per heavy atom. The van der Waals surface area contributed by atoms with Gasteiger partial charge in [0.1, 0.15) is 5.69 Å². The number of rotatable bonds is 3. The number of nitrogens with zero attached hydrogens (tertiary/aromatic N) is 2. The van der Waals surface area contributed by atoms with Gasteiger partial charge in [-0.2, -0.15) is 0 Å². The molecule has 1 aliphatic heterocycles. The number of aromatic amines is 1. The van der Waals surface area contributed by atoms with Gasteiger partial charge >= 0.3 is 0 Å². The Bertz CT molecular complexity index is 425. The fourth-order valence-corrected chi connectivity index (χ4v) is 3.55. The van der Waals surface area contributed by atoms with Crippen LogP contribution in [0.2, 0.25) is 0 Å². The van der Waals surface area contributed by atoms with Crippen LogP contribution in [0.5, 0.6) is 0 Å². The highest BCUT2D eigenvalue weighted by atomic mass is 16.2. The topological polar surface area (TPSA) is 61.0 Å². The van der Waals surface area contributed by atoms with E-state index in [1.54, 1.807) is 12.5 Å². The number of H-pyrrole nitrogens is 1. The molecule has 1 amide bonds. The standard InChI is InChI=1S/C15H24N4O/c20-15(14-9-16-11-17-14)18-12-5-4-8-19(10-12)13-6-2-1-3-7-13/h9,11-13H,1-8,10H2,(H,16,17)(H,18,20). The van der Waals surface area contributed by atoms with Crippen molar-refractivity contribution in [2.24, 2.45) is 0 Å². The fourth-order valence-electron chi connectivity index (χ4n) is 3.55. The molecule has 0 spiro atoms.